The van der Waals surface area contributed by atoms with Gasteiger partial charge in [0.2, 0.25) is 0 Å². The van der Waals surface area contributed by atoms with E-state index < -0.39 is 0 Å². The van der Waals surface area contributed by atoms with E-state index in [0.717, 1.165) is 43.1 Å². The van der Waals surface area contributed by atoms with Crippen LogP contribution < -0.4 is 11.3 Å². The lowest BCUT2D eigenvalue weighted by atomic mass is 10.0. The monoisotopic (exact) mass is 284 g/mol. The zero-order chi connectivity index (χ0) is 13.7. The number of carbonyl (C=O) groups is 1. The first kappa shape index (κ1) is 14.5. The predicted molar refractivity (Wildman–Crippen MR) is 73.9 cm³/mol. The fourth-order valence-electron chi connectivity index (χ4n) is 2.09. The van der Waals surface area contributed by atoms with Crippen molar-refractivity contribution in [3.63, 3.8) is 0 Å². The average molecular weight is 284 g/mol. The molecule has 1 fully saturated rings. The minimum atomic E-state index is -0.247. The maximum absolute atomic E-state index is 11.4. The largest absolute Gasteiger partial charge is 0.381 e. The Morgan fingerprint density at radius 2 is 2.32 bits per heavy atom. The van der Waals surface area contributed by atoms with Crippen molar-refractivity contribution in [2.75, 3.05) is 19.8 Å². The molecule has 2 rings (SSSR count). The number of nitrogen functional groups attached to an aromatic ring is 1. The van der Waals surface area contributed by atoms with E-state index in [0.29, 0.717) is 17.4 Å². The van der Waals surface area contributed by atoms with Crippen LogP contribution >= 0.6 is 11.3 Å². The zero-order valence-electron chi connectivity index (χ0n) is 11.1. The summed E-state index contributed by atoms with van der Waals surface area (Å²) in [6, 6.07) is 1.85. The molecule has 3 N–H and O–H groups in total. The fourth-order valence-corrected chi connectivity index (χ4v) is 3.03. The van der Waals surface area contributed by atoms with Gasteiger partial charge in [0.25, 0.3) is 5.91 Å². The molecule has 2 heterocycles. The third kappa shape index (κ3) is 4.01. The molecule has 0 spiro atoms. The smallest absolute Gasteiger partial charge is 0.275 e. The van der Waals surface area contributed by atoms with Crippen LogP contribution in [0.15, 0.2) is 6.07 Å². The standard InChI is InChI=1S/C13H20N2O3S/c1-9-11(6-12(19-9)13(16)15-14)8-18-7-10-2-4-17-5-3-10/h6,10H,2-5,7-8,14H2,1H3,(H,15,16). The lowest BCUT2D eigenvalue weighted by Gasteiger charge is -2.21. The van der Waals surface area contributed by atoms with Crippen molar-refractivity contribution in [1.29, 1.82) is 0 Å². The zero-order valence-corrected chi connectivity index (χ0v) is 11.9. The van der Waals surface area contributed by atoms with E-state index in [2.05, 4.69) is 5.43 Å². The highest BCUT2D eigenvalue weighted by atomic mass is 32.1. The first-order valence-electron chi connectivity index (χ1n) is 6.46. The molecule has 1 aliphatic heterocycles. The Morgan fingerprint density at radius 1 is 1.58 bits per heavy atom. The number of thiophene rings is 1. The molecule has 5 nitrogen and oxygen atoms in total. The molecule has 1 aliphatic rings. The number of amides is 1. The Labute approximate surface area is 117 Å². The summed E-state index contributed by atoms with van der Waals surface area (Å²) in [5.74, 6) is 5.48. The number of nitrogens with two attached hydrogens (primary N) is 1. The van der Waals surface area contributed by atoms with Crippen LogP contribution in [0.5, 0.6) is 0 Å². The maximum atomic E-state index is 11.4. The van der Waals surface area contributed by atoms with E-state index in [1.807, 2.05) is 13.0 Å². The number of nitrogens with one attached hydrogen (secondary N) is 1. The summed E-state index contributed by atoms with van der Waals surface area (Å²) >= 11 is 1.44. The Hall–Kier alpha value is -0.950. The van der Waals surface area contributed by atoms with Gasteiger partial charge in [-0.15, -0.1) is 11.3 Å². The molecule has 1 saturated heterocycles. The number of ether oxygens (including phenoxy) is 2. The molecule has 0 aliphatic carbocycles. The van der Waals surface area contributed by atoms with Gasteiger partial charge in [0, 0.05) is 18.1 Å². The van der Waals surface area contributed by atoms with Gasteiger partial charge in [0.1, 0.15) is 0 Å². The van der Waals surface area contributed by atoms with Gasteiger partial charge in [0.05, 0.1) is 18.1 Å². The van der Waals surface area contributed by atoms with E-state index in [1.165, 1.54) is 11.3 Å². The molecule has 1 amide bonds. The predicted octanol–water partition coefficient (Wildman–Crippen LogP) is 1.60. The van der Waals surface area contributed by atoms with E-state index in [9.17, 15) is 4.79 Å². The maximum Gasteiger partial charge on any atom is 0.275 e. The second-order valence-electron chi connectivity index (χ2n) is 4.74. The van der Waals surface area contributed by atoms with Crippen molar-refractivity contribution < 1.29 is 14.3 Å². The third-order valence-electron chi connectivity index (χ3n) is 3.33. The van der Waals surface area contributed by atoms with Gasteiger partial charge >= 0.3 is 0 Å². The molecular formula is C13H20N2O3S. The Morgan fingerprint density at radius 3 is 3.00 bits per heavy atom. The van der Waals surface area contributed by atoms with Crippen LogP contribution in [0.3, 0.4) is 0 Å². The minimum absolute atomic E-state index is 0.247. The first-order chi connectivity index (χ1) is 9.20. The number of carbonyl (C=O) groups excluding carboxylic acids is 1. The average Bonchev–Trinajstić information content (AvgIpc) is 2.81. The van der Waals surface area contributed by atoms with Gasteiger partial charge in [-0.05, 0) is 37.3 Å². The molecule has 0 bridgehead atoms. The summed E-state index contributed by atoms with van der Waals surface area (Å²) in [5.41, 5.74) is 3.21. The van der Waals surface area contributed by atoms with Crippen LogP contribution in [0.2, 0.25) is 0 Å². The van der Waals surface area contributed by atoms with Crippen LogP contribution in [0.25, 0.3) is 0 Å². The molecule has 0 unspecified atom stereocenters. The number of aryl methyl sites for hydroxylation is 1. The second kappa shape index (κ2) is 7.00. The van der Waals surface area contributed by atoms with Gasteiger partial charge in [-0.25, -0.2) is 5.84 Å². The van der Waals surface area contributed by atoms with Crippen LogP contribution in [0.1, 0.15) is 33.0 Å². The van der Waals surface area contributed by atoms with Crippen molar-refractivity contribution in [2.45, 2.75) is 26.4 Å². The summed E-state index contributed by atoms with van der Waals surface area (Å²) in [5, 5.41) is 0. The Bertz CT molecular complexity index is 428. The van der Waals surface area contributed by atoms with Gasteiger partial charge in [-0.2, -0.15) is 0 Å². The quantitative estimate of drug-likeness (QED) is 0.489. The molecule has 0 aromatic carbocycles. The summed E-state index contributed by atoms with van der Waals surface area (Å²) < 4.78 is 11.1. The van der Waals surface area contributed by atoms with Crippen molar-refractivity contribution >= 4 is 17.2 Å². The highest BCUT2D eigenvalue weighted by Gasteiger charge is 2.15. The topological polar surface area (TPSA) is 73.6 Å². The van der Waals surface area contributed by atoms with Gasteiger partial charge in [0.15, 0.2) is 0 Å². The molecule has 1 aromatic rings. The Kier molecular flexibility index (Phi) is 5.33. The van der Waals surface area contributed by atoms with Crippen LogP contribution in [-0.4, -0.2) is 25.7 Å². The van der Waals surface area contributed by atoms with Gasteiger partial charge in [-0.3, -0.25) is 10.2 Å². The summed E-state index contributed by atoms with van der Waals surface area (Å²) in [7, 11) is 0. The van der Waals surface area contributed by atoms with E-state index >= 15 is 0 Å². The lowest BCUT2D eigenvalue weighted by Crippen LogP contribution is -2.29. The van der Waals surface area contributed by atoms with Crippen molar-refractivity contribution in [2.24, 2.45) is 11.8 Å². The van der Waals surface area contributed by atoms with E-state index in [4.69, 9.17) is 15.3 Å². The SMILES string of the molecule is Cc1sc(C(=O)NN)cc1COCC1CCOCC1. The molecule has 0 atom stereocenters. The number of rotatable bonds is 5. The molecule has 1 aromatic heterocycles. The molecular weight excluding hydrogens is 264 g/mol. The summed E-state index contributed by atoms with van der Waals surface area (Å²) in [4.78, 5) is 13.2. The van der Waals surface area contributed by atoms with E-state index in [1.54, 1.807) is 0 Å². The normalized spacial score (nSPS) is 16.5. The van der Waals surface area contributed by atoms with Crippen molar-refractivity contribution in [3.8, 4) is 0 Å². The summed E-state index contributed by atoms with van der Waals surface area (Å²) in [6.07, 6.45) is 2.15. The third-order valence-corrected chi connectivity index (χ3v) is 4.42. The lowest BCUT2D eigenvalue weighted by molar-refractivity contribution is 0.0157. The second-order valence-corrected chi connectivity index (χ2v) is 5.99. The van der Waals surface area contributed by atoms with E-state index in [-0.39, 0.29) is 5.91 Å². The summed E-state index contributed by atoms with van der Waals surface area (Å²) in [6.45, 7) is 4.98. The fraction of sp³-hybridized carbons (Fsp3) is 0.615. The number of hydrogen-bond acceptors (Lipinski definition) is 5. The number of hydrogen-bond donors (Lipinski definition) is 2. The molecule has 0 saturated carbocycles. The van der Waals surface area contributed by atoms with Gasteiger partial charge < -0.3 is 9.47 Å². The van der Waals surface area contributed by atoms with Crippen LogP contribution in [-0.2, 0) is 16.1 Å². The van der Waals surface area contributed by atoms with Crippen molar-refractivity contribution in [1.82, 2.24) is 5.43 Å². The van der Waals surface area contributed by atoms with Crippen molar-refractivity contribution in [3.05, 3.63) is 21.4 Å². The van der Waals surface area contributed by atoms with Crippen LogP contribution in [0, 0.1) is 12.8 Å². The van der Waals surface area contributed by atoms with Crippen LogP contribution in [0.4, 0.5) is 0 Å². The highest BCUT2D eigenvalue weighted by molar-refractivity contribution is 7.14. The first-order valence-corrected chi connectivity index (χ1v) is 7.28. The molecule has 0 radical (unpaired) electrons. The molecule has 106 valence electrons. The number of hydrazine groups is 1. The Balaban J connectivity index is 1.82. The van der Waals surface area contributed by atoms with Gasteiger partial charge in [-0.1, -0.05) is 0 Å². The minimum Gasteiger partial charge on any atom is -0.381 e. The highest BCUT2D eigenvalue weighted by Crippen LogP contribution is 2.23. The molecule has 19 heavy (non-hydrogen) atoms. The molecule has 6 heteroatoms.